The van der Waals surface area contributed by atoms with Crippen LogP contribution in [0.15, 0.2) is 23.1 Å². The predicted molar refractivity (Wildman–Crippen MR) is 103 cm³/mol. The van der Waals surface area contributed by atoms with E-state index in [4.69, 9.17) is 18.9 Å². The van der Waals surface area contributed by atoms with Gasteiger partial charge >= 0.3 is 6.01 Å². The molecule has 1 saturated heterocycles. The molecule has 2 aromatic rings. The summed E-state index contributed by atoms with van der Waals surface area (Å²) in [6.45, 7) is 2.26. The maximum Gasteiger partial charge on any atom is 0.321 e. The number of rotatable bonds is 8. The summed E-state index contributed by atoms with van der Waals surface area (Å²) in [7, 11) is 0.520. The van der Waals surface area contributed by atoms with Crippen LogP contribution in [0, 0.1) is 0 Å². The average molecular weight is 425 g/mol. The number of hydrogen-bond acceptors (Lipinski definition) is 10. The molecule has 0 saturated carbocycles. The van der Waals surface area contributed by atoms with Crippen LogP contribution in [0.2, 0.25) is 0 Å². The Balaban J connectivity index is 1.79. The number of aromatic nitrogens is 3. The van der Waals surface area contributed by atoms with Crippen LogP contribution in [0.25, 0.3) is 0 Å². The summed E-state index contributed by atoms with van der Waals surface area (Å²) in [5.41, 5.74) is 0. The fourth-order valence-electron chi connectivity index (χ4n) is 2.69. The van der Waals surface area contributed by atoms with Gasteiger partial charge in [-0.1, -0.05) is 0 Å². The molecule has 2 heterocycles. The van der Waals surface area contributed by atoms with Crippen molar-refractivity contribution in [3.05, 3.63) is 24.0 Å². The van der Waals surface area contributed by atoms with E-state index in [2.05, 4.69) is 19.7 Å². The van der Waals surface area contributed by atoms with Gasteiger partial charge < -0.3 is 23.8 Å². The number of sulfonamides is 1. The summed E-state index contributed by atoms with van der Waals surface area (Å²) < 4.78 is 48.6. The highest BCUT2D eigenvalue weighted by molar-refractivity contribution is 7.89. The minimum Gasteiger partial charge on any atom is -0.493 e. The van der Waals surface area contributed by atoms with Gasteiger partial charge in [-0.05, 0) is 12.1 Å². The third-order valence-electron chi connectivity index (χ3n) is 4.21. The number of morpholine rings is 1. The SMILES string of the molecule is COc1nc(CNS(=O)(=O)c2ccc(OC)c(OC)c2)nc(N2CCOCC2)n1. The van der Waals surface area contributed by atoms with Crippen molar-refractivity contribution < 1.29 is 27.4 Å². The maximum absolute atomic E-state index is 12.7. The molecule has 0 atom stereocenters. The molecule has 1 aliphatic heterocycles. The first-order valence-electron chi connectivity index (χ1n) is 8.80. The number of hydrogen-bond donors (Lipinski definition) is 1. The zero-order valence-corrected chi connectivity index (χ0v) is 17.2. The molecule has 1 aliphatic rings. The molecule has 0 amide bonds. The average Bonchev–Trinajstić information content (AvgIpc) is 2.77. The normalized spacial score (nSPS) is 14.5. The molecule has 0 spiro atoms. The number of nitrogens with zero attached hydrogens (tertiary/aromatic N) is 4. The van der Waals surface area contributed by atoms with E-state index in [1.165, 1.54) is 39.5 Å². The van der Waals surface area contributed by atoms with E-state index in [1.807, 2.05) is 4.90 Å². The van der Waals surface area contributed by atoms with Crippen LogP contribution in [0.5, 0.6) is 17.5 Å². The summed E-state index contributed by atoms with van der Waals surface area (Å²) in [5.74, 6) is 1.40. The summed E-state index contributed by atoms with van der Waals surface area (Å²) in [6.07, 6.45) is 0. The van der Waals surface area contributed by atoms with Crippen LogP contribution in [0.4, 0.5) is 5.95 Å². The number of benzene rings is 1. The predicted octanol–water partition coefficient (Wildman–Crippen LogP) is 0.213. The largest absolute Gasteiger partial charge is 0.493 e. The molecule has 0 bridgehead atoms. The van der Waals surface area contributed by atoms with E-state index in [0.717, 1.165) is 0 Å². The highest BCUT2D eigenvalue weighted by atomic mass is 32.2. The van der Waals surface area contributed by atoms with Crippen molar-refractivity contribution in [2.45, 2.75) is 11.4 Å². The summed E-state index contributed by atoms with van der Waals surface area (Å²) in [4.78, 5) is 14.7. The lowest BCUT2D eigenvalue weighted by molar-refractivity contribution is 0.122. The fraction of sp³-hybridized carbons (Fsp3) is 0.471. The number of methoxy groups -OCH3 is 3. The number of anilines is 1. The van der Waals surface area contributed by atoms with Crippen LogP contribution in [-0.2, 0) is 21.3 Å². The third kappa shape index (κ3) is 5.02. The highest BCUT2D eigenvalue weighted by Gasteiger charge is 2.20. The Morgan fingerprint density at radius 3 is 2.41 bits per heavy atom. The van der Waals surface area contributed by atoms with Crippen molar-refractivity contribution in [3.8, 4) is 17.5 Å². The van der Waals surface area contributed by atoms with Gasteiger partial charge in [0.25, 0.3) is 0 Å². The third-order valence-corrected chi connectivity index (χ3v) is 5.61. The molecule has 0 radical (unpaired) electrons. The molecule has 3 rings (SSSR count). The van der Waals surface area contributed by atoms with Gasteiger partial charge in [0, 0.05) is 19.2 Å². The summed E-state index contributed by atoms with van der Waals surface area (Å²) in [5, 5.41) is 0. The van der Waals surface area contributed by atoms with Crippen molar-refractivity contribution in [1.82, 2.24) is 19.7 Å². The van der Waals surface area contributed by atoms with Crippen LogP contribution < -0.4 is 23.8 Å². The van der Waals surface area contributed by atoms with Crippen LogP contribution in [0.3, 0.4) is 0 Å². The molecular weight excluding hydrogens is 402 g/mol. The first kappa shape index (κ1) is 21.0. The molecule has 0 aliphatic carbocycles. The van der Waals surface area contributed by atoms with E-state index in [1.54, 1.807) is 0 Å². The highest BCUT2D eigenvalue weighted by Crippen LogP contribution is 2.29. The van der Waals surface area contributed by atoms with Gasteiger partial charge in [0.1, 0.15) is 0 Å². The molecule has 1 aromatic heterocycles. The van der Waals surface area contributed by atoms with E-state index >= 15 is 0 Å². The molecule has 1 aromatic carbocycles. The quantitative estimate of drug-likeness (QED) is 0.627. The molecule has 12 heteroatoms. The molecular formula is C17H23N5O6S. The van der Waals surface area contributed by atoms with Gasteiger partial charge in [0.05, 0.1) is 46.0 Å². The first-order chi connectivity index (χ1) is 14.0. The first-order valence-corrected chi connectivity index (χ1v) is 10.3. The van der Waals surface area contributed by atoms with Gasteiger partial charge in [0.15, 0.2) is 17.3 Å². The lowest BCUT2D eigenvalue weighted by atomic mass is 10.3. The zero-order valence-electron chi connectivity index (χ0n) is 16.4. The van der Waals surface area contributed by atoms with Crippen LogP contribution in [-0.4, -0.2) is 71.0 Å². The Labute approximate surface area is 169 Å². The zero-order chi connectivity index (χ0) is 20.9. The van der Waals surface area contributed by atoms with Crippen molar-refractivity contribution in [2.24, 2.45) is 0 Å². The van der Waals surface area contributed by atoms with Gasteiger partial charge in [-0.25, -0.2) is 13.1 Å². The van der Waals surface area contributed by atoms with Gasteiger partial charge in [-0.15, -0.1) is 0 Å². The summed E-state index contributed by atoms with van der Waals surface area (Å²) in [6, 6.07) is 4.45. The Kier molecular flexibility index (Phi) is 6.67. The number of nitrogens with one attached hydrogen (secondary N) is 1. The lowest BCUT2D eigenvalue weighted by Crippen LogP contribution is -2.37. The molecule has 1 N–H and O–H groups in total. The molecule has 29 heavy (non-hydrogen) atoms. The molecule has 0 unspecified atom stereocenters. The summed E-state index contributed by atoms with van der Waals surface area (Å²) >= 11 is 0. The maximum atomic E-state index is 12.7. The second-order valence-corrected chi connectivity index (χ2v) is 7.75. The second kappa shape index (κ2) is 9.20. The van der Waals surface area contributed by atoms with E-state index in [0.29, 0.717) is 43.8 Å². The van der Waals surface area contributed by atoms with E-state index < -0.39 is 10.0 Å². The Morgan fingerprint density at radius 2 is 1.76 bits per heavy atom. The standard InChI is InChI=1S/C17H23N5O6S/c1-25-13-5-4-12(10-14(13)26-2)29(23,24)18-11-15-19-16(21-17(20-15)27-3)22-6-8-28-9-7-22/h4-5,10,18H,6-9,11H2,1-3H3. The smallest absolute Gasteiger partial charge is 0.321 e. The topological polar surface area (TPSA) is 125 Å². The second-order valence-electron chi connectivity index (χ2n) is 5.98. The van der Waals surface area contributed by atoms with Gasteiger partial charge in [-0.3, -0.25) is 0 Å². The lowest BCUT2D eigenvalue weighted by Gasteiger charge is -2.26. The Hall–Kier alpha value is -2.70. The molecule has 158 valence electrons. The van der Waals surface area contributed by atoms with E-state index in [9.17, 15) is 8.42 Å². The van der Waals surface area contributed by atoms with Crippen LogP contribution in [0.1, 0.15) is 5.82 Å². The van der Waals surface area contributed by atoms with Gasteiger partial charge in [0.2, 0.25) is 16.0 Å². The van der Waals surface area contributed by atoms with Crippen LogP contribution >= 0.6 is 0 Å². The molecule has 11 nitrogen and oxygen atoms in total. The number of ether oxygens (including phenoxy) is 4. The van der Waals surface area contributed by atoms with Crippen molar-refractivity contribution in [1.29, 1.82) is 0 Å². The molecule has 1 fully saturated rings. The minimum absolute atomic E-state index is 0.0320. The Morgan fingerprint density at radius 1 is 1.03 bits per heavy atom. The Bertz CT molecular complexity index is 949. The monoisotopic (exact) mass is 425 g/mol. The van der Waals surface area contributed by atoms with E-state index in [-0.39, 0.29) is 23.3 Å². The van der Waals surface area contributed by atoms with Crippen molar-refractivity contribution >= 4 is 16.0 Å². The fourth-order valence-corrected chi connectivity index (χ4v) is 3.68. The minimum atomic E-state index is -3.83. The van der Waals surface area contributed by atoms with Crippen molar-refractivity contribution in [2.75, 3.05) is 52.5 Å². The van der Waals surface area contributed by atoms with Gasteiger partial charge in [-0.2, -0.15) is 15.0 Å². The van der Waals surface area contributed by atoms with Crippen molar-refractivity contribution in [3.63, 3.8) is 0 Å².